The minimum atomic E-state index is -1.14. The largest absolute Gasteiger partial charge is 0.386 e. The summed E-state index contributed by atoms with van der Waals surface area (Å²) >= 11 is 0. The monoisotopic (exact) mass is 286 g/mol. The first-order chi connectivity index (χ1) is 9.56. The van der Waals surface area contributed by atoms with Gasteiger partial charge in [0.25, 0.3) is 0 Å². The molecule has 0 saturated heterocycles. The van der Waals surface area contributed by atoms with E-state index in [-0.39, 0.29) is 18.3 Å². The van der Waals surface area contributed by atoms with E-state index < -0.39 is 17.7 Å². The van der Waals surface area contributed by atoms with Crippen LogP contribution in [0.3, 0.4) is 0 Å². The smallest absolute Gasteiger partial charge is 0.164 e. The van der Waals surface area contributed by atoms with Crippen molar-refractivity contribution in [2.24, 2.45) is 0 Å². The summed E-state index contributed by atoms with van der Waals surface area (Å²) in [5, 5.41) is 9.85. The van der Waals surface area contributed by atoms with Crippen molar-refractivity contribution in [1.82, 2.24) is 0 Å². The Morgan fingerprint density at radius 2 is 1.95 bits per heavy atom. The van der Waals surface area contributed by atoms with Crippen molar-refractivity contribution in [3.63, 3.8) is 0 Å². The van der Waals surface area contributed by atoms with E-state index in [0.717, 1.165) is 18.9 Å². The van der Waals surface area contributed by atoms with Gasteiger partial charge in [0.1, 0.15) is 6.10 Å². The van der Waals surface area contributed by atoms with Crippen LogP contribution in [0.1, 0.15) is 57.6 Å². The van der Waals surface area contributed by atoms with Gasteiger partial charge in [0.15, 0.2) is 11.6 Å². The fourth-order valence-corrected chi connectivity index (χ4v) is 2.06. The lowest BCUT2D eigenvalue weighted by atomic mass is 10.1. The van der Waals surface area contributed by atoms with Crippen molar-refractivity contribution in [1.29, 1.82) is 0 Å². The molecule has 0 amide bonds. The Hall–Kier alpha value is -1.00. The van der Waals surface area contributed by atoms with E-state index in [1.165, 1.54) is 31.4 Å². The van der Waals surface area contributed by atoms with Crippen molar-refractivity contribution >= 4 is 0 Å². The van der Waals surface area contributed by atoms with Gasteiger partial charge in [-0.1, -0.05) is 44.7 Å². The van der Waals surface area contributed by atoms with Gasteiger partial charge in [-0.05, 0) is 19.4 Å². The van der Waals surface area contributed by atoms with E-state index in [1.54, 1.807) is 0 Å². The molecule has 0 heterocycles. The maximum atomic E-state index is 13.5. The molecule has 20 heavy (non-hydrogen) atoms. The van der Waals surface area contributed by atoms with E-state index >= 15 is 0 Å². The first-order valence-corrected chi connectivity index (χ1v) is 7.29. The molecule has 114 valence electrons. The molecule has 0 aromatic heterocycles. The predicted molar refractivity (Wildman–Crippen MR) is 75.5 cm³/mol. The number of unbranched alkanes of at least 4 members (excludes halogenated alkanes) is 3. The van der Waals surface area contributed by atoms with Crippen molar-refractivity contribution in [2.45, 2.75) is 58.2 Å². The highest BCUT2D eigenvalue weighted by atomic mass is 19.2. The number of hydrogen-bond donors (Lipinski definition) is 1. The average Bonchev–Trinajstić information content (AvgIpc) is 2.44. The van der Waals surface area contributed by atoms with Crippen molar-refractivity contribution < 1.29 is 18.6 Å². The zero-order valence-electron chi connectivity index (χ0n) is 12.2. The summed E-state index contributed by atoms with van der Waals surface area (Å²) in [6, 6.07) is 3.78. The van der Waals surface area contributed by atoms with E-state index in [2.05, 4.69) is 6.92 Å². The molecule has 2 atom stereocenters. The number of aliphatic hydroxyl groups excluding tert-OH is 1. The molecule has 0 saturated carbocycles. The summed E-state index contributed by atoms with van der Waals surface area (Å²) in [4.78, 5) is 0. The lowest BCUT2D eigenvalue weighted by molar-refractivity contribution is -0.00788. The van der Waals surface area contributed by atoms with Crippen LogP contribution in [-0.4, -0.2) is 17.8 Å². The van der Waals surface area contributed by atoms with E-state index in [1.807, 2.05) is 6.92 Å². The van der Waals surface area contributed by atoms with Gasteiger partial charge in [-0.3, -0.25) is 0 Å². The molecule has 0 aliphatic heterocycles. The van der Waals surface area contributed by atoms with Gasteiger partial charge in [0.2, 0.25) is 0 Å². The highest BCUT2D eigenvalue weighted by Crippen LogP contribution is 2.20. The molecule has 2 unspecified atom stereocenters. The second-order valence-corrected chi connectivity index (χ2v) is 5.15. The summed E-state index contributed by atoms with van der Waals surface area (Å²) in [5.74, 6) is -1.95. The molecule has 0 aliphatic carbocycles. The van der Waals surface area contributed by atoms with Crippen LogP contribution >= 0.6 is 0 Å². The molecule has 1 N–H and O–H groups in total. The van der Waals surface area contributed by atoms with Crippen LogP contribution in [0.4, 0.5) is 8.78 Å². The molecule has 4 heteroatoms. The summed E-state index contributed by atoms with van der Waals surface area (Å²) in [5.41, 5.74) is -0.0526. The topological polar surface area (TPSA) is 29.5 Å². The van der Waals surface area contributed by atoms with Gasteiger partial charge in [0.05, 0.1) is 12.7 Å². The van der Waals surface area contributed by atoms with Crippen molar-refractivity contribution in [3.05, 3.63) is 35.4 Å². The van der Waals surface area contributed by atoms with Crippen LogP contribution in [0.2, 0.25) is 0 Å². The molecule has 2 nitrogen and oxygen atoms in total. The summed E-state index contributed by atoms with van der Waals surface area (Å²) in [7, 11) is 0. The summed E-state index contributed by atoms with van der Waals surface area (Å²) in [6.45, 7) is 4.07. The second-order valence-electron chi connectivity index (χ2n) is 5.15. The average molecular weight is 286 g/mol. The second kappa shape index (κ2) is 9.03. The molecule has 1 aromatic rings. The van der Waals surface area contributed by atoms with Crippen LogP contribution in [0, 0.1) is 11.6 Å². The number of hydrogen-bond acceptors (Lipinski definition) is 2. The Morgan fingerprint density at radius 3 is 2.65 bits per heavy atom. The zero-order chi connectivity index (χ0) is 15.0. The molecule has 0 fully saturated rings. The van der Waals surface area contributed by atoms with Gasteiger partial charge >= 0.3 is 0 Å². The Morgan fingerprint density at radius 1 is 1.20 bits per heavy atom. The van der Waals surface area contributed by atoms with Crippen LogP contribution in [0.25, 0.3) is 0 Å². The molecule has 0 aliphatic rings. The lowest BCUT2D eigenvalue weighted by Crippen LogP contribution is -2.16. The van der Waals surface area contributed by atoms with Gasteiger partial charge in [-0.25, -0.2) is 8.78 Å². The third kappa shape index (κ3) is 5.55. The molecule has 0 bridgehead atoms. The third-order valence-corrected chi connectivity index (χ3v) is 3.34. The first kappa shape index (κ1) is 17.1. The Labute approximate surface area is 119 Å². The normalized spacial score (nSPS) is 14.2. The molecule has 1 aromatic carbocycles. The molecular weight excluding hydrogens is 262 g/mol. The van der Waals surface area contributed by atoms with E-state index in [4.69, 9.17) is 4.74 Å². The number of rotatable bonds is 9. The lowest BCUT2D eigenvalue weighted by Gasteiger charge is -2.17. The maximum absolute atomic E-state index is 13.5. The fourth-order valence-electron chi connectivity index (χ4n) is 2.06. The number of aliphatic hydroxyl groups is 1. The molecule has 0 radical (unpaired) electrons. The van der Waals surface area contributed by atoms with E-state index in [0.29, 0.717) is 0 Å². The standard InChI is InChI=1S/C16H24F2O2/c1-3-4-5-6-8-12(2)20-11-15(19)13-9-7-10-14(17)16(13)18/h7,9-10,12,15,19H,3-6,8,11H2,1-2H3. The number of halogens is 2. The Balaban J connectivity index is 2.35. The maximum Gasteiger partial charge on any atom is 0.164 e. The Kier molecular flexibility index (Phi) is 7.70. The summed E-state index contributed by atoms with van der Waals surface area (Å²) in [6.07, 6.45) is 4.45. The Bertz CT molecular complexity index is 396. The van der Waals surface area contributed by atoms with Crippen LogP contribution in [0.5, 0.6) is 0 Å². The minimum absolute atomic E-state index is 0.0122. The minimum Gasteiger partial charge on any atom is -0.386 e. The van der Waals surface area contributed by atoms with Gasteiger partial charge in [0, 0.05) is 5.56 Å². The zero-order valence-corrected chi connectivity index (χ0v) is 12.2. The summed E-state index contributed by atoms with van der Waals surface area (Å²) < 4.78 is 32.0. The fraction of sp³-hybridized carbons (Fsp3) is 0.625. The van der Waals surface area contributed by atoms with E-state index in [9.17, 15) is 13.9 Å². The van der Waals surface area contributed by atoms with Gasteiger partial charge in [-0.15, -0.1) is 0 Å². The van der Waals surface area contributed by atoms with Gasteiger partial charge in [-0.2, -0.15) is 0 Å². The SMILES string of the molecule is CCCCCCC(C)OCC(O)c1cccc(F)c1F. The van der Waals surface area contributed by atoms with Crippen molar-refractivity contribution in [2.75, 3.05) is 6.61 Å². The van der Waals surface area contributed by atoms with Crippen LogP contribution in [0.15, 0.2) is 18.2 Å². The van der Waals surface area contributed by atoms with Crippen LogP contribution in [-0.2, 0) is 4.74 Å². The highest BCUT2D eigenvalue weighted by molar-refractivity contribution is 5.21. The predicted octanol–water partition coefficient (Wildman–Crippen LogP) is 4.37. The number of benzene rings is 1. The molecular formula is C16H24F2O2. The highest BCUT2D eigenvalue weighted by Gasteiger charge is 2.16. The van der Waals surface area contributed by atoms with Crippen molar-refractivity contribution in [3.8, 4) is 0 Å². The first-order valence-electron chi connectivity index (χ1n) is 7.29. The molecule has 1 rings (SSSR count). The third-order valence-electron chi connectivity index (χ3n) is 3.34. The number of ether oxygens (including phenoxy) is 1. The quantitative estimate of drug-likeness (QED) is 0.683. The van der Waals surface area contributed by atoms with Gasteiger partial charge < -0.3 is 9.84 Å². The van der Waals surface area contributed by atoms with Crippen LogP contribution < -0.4 is 0 Å². The molecule has 0 spiro atoms.